The Bertz CT molecular complexity index is 444. The molecule has 4 rings (SSSR count). The predicted molar refractivity (Wildman–Crippen MR) is 69.0 cm³/mol. The van der Waals surface area contributed by atoms with Gasteiger partial charge in [-0.15, -0.1) is 0 Å². The molecule has 0 aromatic heterocycles. The maximum Gasteiger partial charge on any atom is 0.306 e. The van der Waals surface area contributed by atoms with E-state index < -0.39 is 0 Å². The molecule has 5 atom stereocenters. The first kappa shape index (κ1) is 11.3. The minimum absolute atomic E-state index is 0.0497. The Morgan fingerprint density at radius 3 is 2.67 bits per heavy atom. The minimum atomic E-state index is -0.155. The molecular weight excluding hydrogens is 224 g/mol. The van der Waals surface area contributed by atoms with Gasteiger partial charge in [-0.05, 0) is 55.3 Å². The summed E-state index contributed by atoms with van der Waals surface area (Å²) in [4.78, 5) is 11.8. The molecule has 100 valence electrons. The van der Waals surface area contributed by atoms with E-state index in [1.165, 1.54) is 32.1 Å². The highest BCUT2D eigenvalue weighted by atomic mass is 16.6. The average Bonchev–Trinajstić information content (AvgIpc) is 2.78. The molecule has 1 aliphatic heterocycles. The molecule has 1 heterocycles. The molecule has 0 aromatic carbocycles. The van der Waals surface area contributed by atoms with Crippen molar-refractivity contribution < 1.29 is 9.53 Å². The third kappa shape index (κ3) is 0.981. The first-order valence-corrected chi connectivity index (χ1v) is 7.57. The van der Waals surface area contributed by atoms with Crippen molar-refractivity contribution in [3.63, 3.8) is 0 Å². The van der Waals surface area contributed by atoms with Crippen molar-refractivity contribution >= 4 is 5.97 Å². The second-order valence-corrected chi connectivity index (χ2v) is 8.13. The van der Waals surface area contributed by atoms with E-state index in [0.717, 1.165) is 6.42 Å². The van der Waals surface area contributed by atoms with Crippen molar-refractivity contribution in [3.05, 3.63) is 0 Å². The molecule has 1 saturated heterocycles. The molecule has 0 bridgehead atoms. The predicted octanol–water partition coefficient (Wildman–Crippen LogP) is 3.69. The third-order valence-electron chi connectivity index (χ3n) is 7.51. The molecule has 0 aromatic rings. The van der Waals surface area contributed by atoms with Crippen LogP contribution in [0.5, 0.6) is 0 Å². The van der Waals surface area contributed by atoms with Gasteiger partial charge >= 0.3 is 5.97 Å². The summed E-state index contributed by atoms with van der Waals surface area (Å²) >= 11 is 0. The van der Waals surface area contributed by atoms with Crippen LogP contribution >= 0.6 is 0 Å². The van der Waals surface area contributed by atoms with Gasteiger partial charge in [0.1, 0.15) is 5.60 Å². The van der Waals surface area contributed by atoms with Crippen LogP contribution in [0, 0.1) is 22.2 Å². The van der Waals surface area contributed by atoms with Crippen LogP contribution in [0.3, 0.4) is 0 Å². The fourth-order valence-corrected chi connectivity index (χ4v) is 6.45. The molecule has 0 amide bonds. The molecular formula is C16H24O2. The molecule has 2 heteroatoms. The zero-order valence-electron chi connectivity index (χ0n) is 11.8. The van der Waals surface area contributed by atoms with Crippen molar-refractivity contribution in [2.75, 3.05) is 0 Å². The summed E-state index contributed by atoms with van der Waals surface area (Å²) in [5, 5.41) is 0. The molecule has 4 fully saturated rings. The highest BCUT2D eigenvalue weighted by Gasteiger charge is 2.78. The number of esters is 1. The lowest BCUT2D eigenvalue weighted by Gasteiger charge is -2.56. The van der Waals surface area contributed by atoms with Gasteiger partial charge in [0, 0.05) is 5.92 Å². The van der Waals surface area contributed by atoms with E-state index in [2.05, 4.69) is 20.8 Å². The Morgan fingerprint density at radius 1 is 1.11 bits per heavy atom. The van der Waals surface area contributed by atoms with Crippen LogP contribution in [0.2, 0.25) is 0 Å². The van der Waals surface area contributed by atoms with Crippen molar-refractivity contribution in [2.45, 2.75) is 71.3 Å². The summed E-state index contributed by atoms with van der Waals surface area (Å²) < 4.78 is 5.72. The Hall–Kier alpha value is -0.530. The van der Waals surface area contributed by atoms with Crippen molar-refractivity contribution in [3.8, 4) is 0 Å². The first-order valence-electron chi connectivity index (χ1n) is 7.57. The van der Waals surface area contributed by atoms with E-state index in [1.807, 2.05) is 0 Å². The number of rotatable bonds is 0. The van der Waals surface area contributed by atoms with Gasteiger partial charge in [-0.25, -0.2) is 0 Å². The second-order valence-electron chi connectivity index (χ2n) is 8.13. The smallest absolute Gasteiger partial charge is 0.306 e. The Kier molecular flexibility index (Phi) is 1.76. The van der Waals surface area contributed by atoms with Crippen LogP contribution in [0.1, 0.15) is 65.7 Å². The van der Waals surface area contributed by atoms with Crippen LogP contribution in [0.25, 0.3) is 0 Å². The van der Waals surface area contributed by atoms with Crippen LogP contribution in [-0.2, 0) is 9.53 Å². The van der Waals surface area contributed by atoms with Crippen molar-refractivity contribution in [2.24, 2.45) is 22.2 Å². The summed E-state index contributed by atoms with van der Waals surface area (Å²) in [5.41, 5.74) is 1.31. The zero-order chi connectivity index (χ0) is 12.8. The quantitative estimate of drug-likeness (QED) is 0.611. The van der Waals surface area contributed by atoms with E-state index in [1.54, 1.807) is 0 Å². The van der Waals surface area contributed by atoms with Gasteiger partial charge < -0.3 is 4.74 Å². The van der Waals surface area contributed by atoms with Crippen molar-refractivity contribution in [1.29, 1.82) is 0 Å². The number of ether oxygens (including phenoxy) is 1. The minimum Gasteiger partial charge on any atom is -0.459 e. The molecule has 4 aliphatic rings. The summed E-state index contributed by atoms with van der Waals surface area (Å²) in [5.74, 6) is 0.516. The lowest BCUT2D eigenvalue weighted by molar-refractivity contribution is -0.160. The van der Waals surface area contributed by atoms with Gasteiger partial charge in [0.25, 0.3) is 0 Å². The molecule has 0 N–H and O–H groups in total. The number of carbonyl (C=O) groups excluding carboxylic acids is 1. The van der Waals surface area contributed by atoms with Crippen LogP contribution < -0.4 is 0 Å². The number of fused-ring (bicyclic) bond motifs is 2. The molecule has 1 unspecified atom stereocenters. The third-order valence-corrected chi connectivity index (χ3v) is 7.51. The molecule has 3 aliphatic carbocycles. The largest absolute Gasteiger partial charge is 0.459 e. The topological polar surface area (TPSA) is 26.3 Å². The van der Waals surface area contributed by atoms with Crippen LogP contribution in [0.4, 0.5) is 0 Å². The second kappa shape index (κ2) is 2.81. The maximum atomic E-state index is 11.8. The number of hydrogen-bond donors (Lipinski definition) is 0. The van der Waals surface area contributed by atoms with Gasteiger partial charge in [0.2, 0.25) is 0 Å². The average molecular weight is 248 g/mol. The molecule has 1 spiro atoms. The van der Waals surface area contributed by atoms with E-state index >= 15 is 0 Å². The Labute approximate surface area is 109 Å². The molecule has 3 saturated carbocycles. The summed E-state index contributed by atoms with van der Waals surface area (Å²) in [7, 11) is 0. The Morgan fingerprint density at radius 2 is 1.89 bits per heavy atom. The highest BCUT2D eigenvalue weighted by molar-refractivity contribution is 5.73. The van der Waals surface area contributed by atoms with Crippen LogP contribution in [-0.4, -0.2) is 11.6 Å². The van der Waals surface area contributed by atoms with Gasteiger partial charge in [0.05, 0.1) is 6.42 Å². The summed E-state index contributed by atoms with van der Waals surface area (Å²) in [6.45, 7) is 7.15. The normalized spacial score (nSPS) is 61.5. The van der Waals surface area contributed by atoms with E-state index in [9.17, 15) is 4.79 Å². The fraction of sp³-hybridized carbons (Fsp3) is 0.938. The monoisotopic (exact) mass is 248 g/mol. The lowest BCUT2D eigenvalue weighted by atomic mass is 9.48. The fourth-order valence-electron chi connectivity index (χ4n) is 6.45. The number of hydrogen-bond acceptors (Lipinski definition) is 2. The highest BCUT2D eigenvalue weighted by Crippen LogP contribution is 2.84. The standard InChI is InChI=1S/C16H24O2/c1-13-5-4-6-14(2)11-9-12(17)18-15(11,3)7-8-16(13,14)10-13/h11H,4-10H2,1-3H3/t11-,13?,14-,15-,16-/m1/s1. The molecule has 0 radical (unpaired) electrons. The van der Waals surface area contributed by atoms with Gasteiger partial charge in [-0.3, -0.25) is 4.79 Å². The SMILES string of the molecule is CC12CCC[C@]3(C)[C@H]4CC(=O)O[C@]4(C)CC[C@@]13C2. The van der Waals surface area contributed by atoms with Crippen molar-refractivity contribution in [1.82, 2.24) is 0 Å². The van der Waals surface area contributed by atoms with Crippen LogP contribution in [0.15, 0.2) is 0 Å². The van der Waals surface area contributed by atoms with E-state index in [4.69, 9.17) is 4.74 Å². The van der Waals surface area contributed by atoms with Gasteiger partial charge in [-0.2, -0.15) is 0 Å². The maximum absolute atomic E-state index is 11.8. The lowest BCUT2D eigenvalue weighted by Crippen LogP contribution is -2.54. The van der Waals surface area contributed by atoms with E-state index in [0.29, 0.717) is 28.6 Å². The molecule has 18 heavy (non-hydrogen) atoms. The van der Waals surface area contributed by atoms with E-state index in [-0.39, 0.29) is 11.6 Å². The van der Waals surface area contributed by atoms with Gasteiger partial charge in [-0.1, -0.05) is 20.3 Å². The first-order chi connectivity index (χ1) is 8.35. The molecule has 2 nitrogen and oxygen atoms in total. The zero-order valence-corrected chi connectivity index (χ0v) is 11.8. The summed E-state index contributed by atoms with van der Waals surface area (Å²) in [6, 6.07) is 0. The Balaban J connectivity index is 1.81. The summed E-state index contributed by atoms with van der Waals surface area (Å²) in [6.07, 6.45) is 8.49. The number of carbonyl (C=O) groups is 1. The van der Waals surface area contributed by atoms with Gasteiger partial charge in [0.15, 0.2) is 0 Å².